The molecule has 0 spiro atoms. The molecule has 3 heterocycles. The highest BCUT2D eigenvalue weighted by molar-refractivity contribution is 6.43. The van der Waals surface area contributed by atoms with E-state index >= 15 is 0 Å². The first-order valence-electron chi connectivity index (χ1n) is 8.78. The second-order valence-electron chi connectivity index (χ2n) is 6.20. The fraction of sp³-hybridized carbons (Fsp3) is 0.0500. The first kappa shape index (κ1) is 18.1. The van der Waals surface area contributed by atoms with E-state index in [2.05, 4.69) is 25.7 Å². The highest BCUT2D eigenvalue weighted by Gasteiger charge is 2.17. The third-order valence-electron chi connectivity index (χ3n) is 4.21. The summed E-state index contributed by atoms with van der Waals surface area (Å²) in [5.41, 5.74) is 2.20. The van der Waals surface area contributed by atoms with Crippen molar-refractivity contribution in [3.63, 3.8) is 0 Å². The van der Waals surface area contributed by atoms with Crippen LogP contribution >= 0.6 is 0 Å². The maximum Gasteiger partial charge on any atom is 0.315 e. The lowest BCUT2D eigenvalue weighted by Gasteiger charge is -2.11. The number of carbonyl (C=O) groups excluding carboxylic acids is 2. The molecule has 0 unspecified atom stereocenters. The average molecular weight is 387 g/mol. The topological polar surface area (TPSA) is 107 Å². The molecule has 2 N–H and O–H groups in total. The number of benzene rings is 1. The van der Waals surface area contributed by atoms with Crippen LogP contribution in [0.5, 0.6) is 0 Å². The fourth-order valence-electron chi connectivity index (χ4n) is 2.76. The summed E-state index contributed by atoms with van der Waals surface area (Å²) in [7, 11) is 0. The molecule has 0 saturated carbocycles. The minimum Gasteiger partial charge on any atom is -0.316 e. The molecular weight excluding hydrogens is 370 g/mol. The zero-order valence-electron chi connectivity index (χ0n) is 15.5. The van der Waals surface area contributed by atoms with Crippen LogP contribution in [0.15, 0.2) is 73.6 Å². The summed E-state index contributed by atoms with van der Waals surface area (Å²) in [6.45, 7) is 1.94. The molecule has 9 nitrogen and oxygen atoms in total. The van der Waals surface area contributed by atoms with Gasteiger partial charge in [-0.3, -0.25) is 14.2 Å². The summed E-state index contributed by atoms with van der Waals surface area (Å²) in [5.74, 6) is -0.571. The molecule has 4 rings (SSSR count). The van der Waals surface area contributed by atoms with Gasteiger partial charge in [0.2, 0.25) is 0 Å². The fourth-order valence-corrected chi connectivity index (χ4v) is 2.76. The van der Waals surface area contributed by atoms with Crippen LogP contribution in [0.3, 0.4) is 0 Å². The Kier molecular flexibility index (Phi) is 4.85. The van der Waals surface area contributed by atoms with Crippen molar-refractivity contribution in [3.8, 4) is 11.5 Å². The van der Waals surface area contributed by atoms with E-state index < -0.39 is 11.8 Å². The molecule has 0 fully saturated rings. The van der Waals surface area contributed by atoms with Crippen molar-refractivity contribution in [3.05, 3.63) is 79.1 Å². The second kappa shape index (κ2) is 7.77. The monoisotopic (exact) mass is 387 g/mol. The Bertz CT molecular complexity index is 1150. The van der Waals surface area contributed by atoms with Crippen LogP contribution in [-0.4, -0.2) is 36.1 Å². The van der Waals surface area contributed by atoms with Crippen LogP contribution in [0.1, 0.15) is 5.56 Å². The lowest BCUT2D eigenvalue weighted by Crippen LogP contribution is -2.30. The van der Waals surface area contributed by atoms with Gasteiger partial charge >= 0.3 is 11.8 Å². The van der Waals surface area contributed by atoms with Gasteiger partial charge in [0.05, 0.1) is 23.8 Å². The lowest BCUT2D eigenvalue weighted by atomic mass is 10.2. The average Bonchev–Trinajstić information content (AvgIpc) is 3.41. The van der Waals surface area contributed by atoms with Crippen LogP contribution in [0.2, 0.25) is 0 Å². The number of para-hydroxylation sites is 1. The summed E-state index contributed by atoms with van der Waals surface area (Å²) in [4.78, 5) is 32.8. The summed E-state index contributed by atoms with van der Waals surface area (Å²) >= 11 is 0. The number of carbonyl (C=O) groups is 2. The molecular formula is C20H17N7O2. The largest absolute Gasteiger partial charge is 0.316 e. The number of rotatable bonds is 4. The third-order valence-corrected chi connectivity index (χ3v) is 4.21. The molecule has 0 aliphatic rings. The summed E-state index contributed by atoms with van der Waals surface area (Å²) < 4.78 is 3.30. The number of aromatic nitrogens is 5. The molecule has 0 radical (unpaired) electrons. The Labute approximate surface area is 166 Å². The van der Waals surface area contributed by atoms with Gasteiger partial charge in [-0.1, -0.05) is 18.2 Å². The molecule has 0 saturated heterocycles. The Morgan fingerprint density at radius 3 is 2.52 bits per heavy atom. The molecule has 3 aromatic heterocycles. The van der Waals surface area contributed by atoms with Crippen molar-refractivity contribution in [1.82, 2.24) is 24.3 Å². The van der Waals surface area contributed by atoms with Gasteiger partial charge in [-0.2, -0.15) is 5.10 Å². The van der Waals surface area contributed by atoms with Crippen LogP contribution < -0.4 is 10.6 Å². The molecule has 0 bridgehead atoms. The number of imidazole rings is 1. The van der Waals surface area contributed by atoms with Gasteiger partial charge < -0.3 is 10.6 Å². The second-order valence-corrected chi connectivity index (χ2v) is 6.20. The third kappa shape index (κ3) is 3.88. The number of aryl methyl sites for hydroxylation is 1. The Morgan fingerprint density at radius 1 is 0.966 bits per heavy atom. The Hall–Kier alpha value is -4.27. The minimum atomic E-state index is -0.806. The number of hydrogen-bond donors (Lipinski definition) is 2. The van der Waals surface area contributed by atoms with E-state index in [0.717, 1.165) is 11.3 Å². The number of nitrogens with zero attached hydrogens (tertiary/aromatic N) is 5. The van der Waals surface area contributed by atoms with E-state index in [-0.39, 0.29) is 0 Å². The minimum absolute atomic E-state index is 0.396. The van der Waals surface area contributed by atoms with Gasteiger partial charge in [-0.25, -0.2) is 14.6 Å². The van der Waals surface area contributed by atoms with Gasteiger partial charge in [-0.05, 0) is 30.7 Å². The molecule has 0 aliphatic carbocycles. The predicted octanol–water partition coefficient (Wildman–Crippen LogP) is 2.34. The zero-order chi connectivity index (χ0) is 20.2. The maximum absolute atomic E-state index is 12.3. The number of hydrogen-bond acceptors (Lipinski definition) is 5. The molecule has 144 valence electrons. The van der Waals surface area contributed by atoms with Crippen molar-refractivity contribution in [2.24, 2.45) is 0 Å². The van der Waals surface area contributed by atoms with Gasteiger partial charge in [0.15, 0.2) is 0 Å². The number of amides is 2. The lowest BCUT2D eigenvalue weighted by molar-refractivity contribution is -0.133. The van der Waals surface area contributed by atoms with E-state index in [9.17, 15) is 9.59 Å². The molecule has 29 heavy (non-hydrogen) atoms. The SMILES string of the molecule is Cc1ccccc1-n1nccc1NC(=O)C(=O)Nc1ccc(-n2ccnc2)nc1. The van der Waals surface area contributed by atoms with Crippen molar-refractivity contribution in [2.75, 3.05) is 10.6 Å². The molecule has 9 heteroatoms. The molecule has 0 aliphatic heterocycles. The number of pyridine rings is 1. The van der Waals surface area contributed by atoms with E-state index in [4.69, 9.17) is 0 Å². The molecule has 0 atom stereocenters. The van der Waals surface area contributed by atoms with E-state index in [1.807, 2.05) is 31.2 Å². The highest BCUT2D eigenvalue weighted by atomic mass is 16.2. The van der Waals surface area contributed by atoms with Crippen LogP contribution in [-0.2, 0) is 9.59 Å². The Morgan fingerprint density at radius 2 is 1.79 bits per heavy atom. The Balaban J connectivity index is 1.44. The smallest absolute Gasteiger partial charge is 0.315 e. The van der Waals surface area contributed by atoms with E-state index in [1.165, 1.54) is 6.20 Å². The zero-order valence-corrected chi connectivity index (χ0v) is 15.5. The van der Waals surface area contributed by atoms with Crippen LogP contribution in [0.25, 0.3) is 11.5 Å². The number of nitrogens with one attached hydrogen (secondary N) is 2. The standard InChI is InChI=1S/C20H17N7O2/c1-14-4-2-3-5-16(14)27-18(8-9-23-27)25-20(29)19(28)24-15-6-7-17(22-12-15)26-11-10-21-13-26/h2-13H,1H3,(H,24,28)(H,25,29). The van der Waals surface area contributed by atoms with E-state index in [1.54, 1.807) is 52.4 Å². The van der Waals surface area contributed by atoms with Crippen molar-refractivity contribution >= 4 is 23.3 Å². The summed E-state index contributed by atoms with van der Waals surface area (Å²) in [6, 6.07) is 12.6. The van der Waals surface area contributed by atoms with Gasteiger partial charge in [0.1, 0.15) is 18.0 Å². The summed E-state index contributed by atoms with van der Waals surface area (Å²) in [5, 5.41) is 9.35. The summed E-state index contributed by atoms with van der Waals surface area (Å²) in [6.07, 6.45) is 8.04. The highest BCUT2D eigenvalue weighted by Crippen LogP contribution is 2.18. The van der Waals surface area contributed by atoms with Gasteiger partial charge in [-0.15, -0.1) is 0 Å². The first-order chi connectivity index (χ1) is 14.1. The molecule has 2 amide bonds. The van der Waals surface area contributed by atoms with Crippen molar-refractivity contribution < 1.29 is 9.59 Å². The van der Waals surface area contributed by atoms with Crippen LogP contribution in [0, 0.1) is 6.92 Å². The first-order valence-corrected chi connectivity index (χ1v) is 8.78. The van der Waals surface area contributed by atoms with Crippen molar-refractivity contribution in [1.29, 1.82) is 0 Å². The van der Waals surface area contributed by atoms with Crippen LogP contribution in [0.4, 0.5) is 11.5 Å². The molecule has 4 aromatic rings. The normalized spacial score (nSPS) is 10.5. The quantitative estimate of drug-likeness (QED) is 0.523. The molecule has 1 aromatic carbocycles. The van der Waals surface area contributed by atoms with Crippen molar-refractivity contribution in [2.45, 2.75) is 6.92 Å². The van der Waals surface area contributed by atoms with Gasteiger partial charge in [0, 0.05) is 18.5 Å². The van der Waals surface area contributed by atoms with Gasteiger partial charge in [0.25, 0.3) is 0 Å². The van der Waals surface area contributed by atoms with E-state index in [0.29, 0.717) is 17.3 Å². The predicted molar refractivity (Wildman–Crippen MR) is 107 cm³/mol. The maximum atomic E-state index is 12.3. The number of anilines is 2.